The lowest BCUT2D eigenvalue weighted by atomic mass is 9.68. The number of benzene rings is 2. The van der Waals surface area contributed by atoms with Gasteiger partial charge in [0.1, 0.15) is 0 Å². The van der Waals surface area contributed by atoms with Gasteiger partial charge in [-0.1, -0.05) is 42.5 Å². The molecule has 2 aromatic rings. The van der Waals surface area contributed by atoms with Crippen LogP contribution in [0.4, 0.5) is 13.2 Å². The lowest BCUT2D eigenvalue weighted by molar-refractivity contribution is -0.138. The standard InChI is InChI=1S/C20H22BF3O3/c1-18(2)19(3,4)27-21(26-18)17(20(22,23)24)12-16(25)15-11-7-9-13-8-5-6-10-14(13)15/h5-11,17H,12H2,1-4H3/t17-/m0/s1. The van der Waals surface area contributed by atoms with E-state index in [2.05, 4.69) is 0 Å². The maximum Gasteiger partial charge on any atom is 0.470 e. The van der Waals surface area contributed by atoms with Crippen LogP contribution in [0.15, 0.2) is 42.5 Å². The van der Waals surface area contributed by atoms with Gasteiger partial charge < -0.3 is 9.31 Å². The Balaban J connectivity index is 1.91. The Morgan fingerprint density at radius 1 is 1.00 bits per heavy atom. The molecule has 0 amide bonds. The molecule has 0 unspecified atom stereocenters. The molecular formula is C20H22BF3O3. The summed E-state index contributed by atoms with van der Waals surface area (Å²) in [5, 5.41) is 1.45. The third-order valence-electron chi connectivity index (χ3n) is 5.52. The molecule has 0 aromatic heterocycles. The molecule has 3 nitrogen and oxygen atoms in total. The highest BCUT2D eigenvalue weighted by Crippen LogP contribution is 2.46. The fraction of sp³-hybridized carbons (Fsp3) is 0.450. The Morgan fingerprint density at radius 2 is 1.56 bits per heavy atom. The number of hydrogen-bond acceptors (Lipinski definition) is 3. The van der Waals surface area contributed by atoms with Gasteiger partial charge in [-0.2, -0.15) is 13.2 Å². The topological polar surface area (TPSA) is 35.5 Å². The van der Waals surface area contributed by atoms with E-state index in [9.17, 15) is 18.0 Å². The molecule has 1 heterocycles. The fourth-order valence-electron chi connectivity index (χ4n) is 3.20. The van der Waals surface area contributed by atoms with Crippen LogP contribution in [-0.2, 0) is 9.31 Å². The highest BCUT2D eigenvalue weighted by atomic mass is 19.4. The Labute approximate surface area is 157 Å². The zero-order valence-corrected chi connectivity index (χ0v) is 15.8. The predicted octanol–water partition coefficient (Wildman–Crippen LogP) is 5.44. The summed E-state index contributed by atoms with van der Waals surface area (Å²) >= 11 is 0. The Bertz CT molecular complexity index is 840. The van der Waals surface area contributed by atoms with Crippen LogP contribution >= 0.6 is 0 Å². The number of hydrogen-bond donors (Lipinski definition) is 0. The van der Waals surface area contributed by atoms with E-state index in [-0.39, 0.29) is 5.56 Å². The molecule has 3 rings (SSSR count). The van der Waals surface area contributed by atoms with E-state index in [1.165, 1.54) is 0 Å². The van der Waals surface area contributed by atoms with Crippen molar-refractivity contribution in [3.05, 3.63) is 48.0 Å². The third kappa shape index (κ3) is 3.76. The lowest BCUT2D eigenvalue weighted by Crippen LogP contribution is -2.41. The Kier molecular flexibility index (Phi) is 4.89. The summed E-state index contributed by atoms with van der Waals surface area (Å²) in [7, 11) is -1.52. The third-order valence-corrected chi connectivity index (χ3v) is 5.52. The summed E-state index contributed by atoms with van der Waals surface area (Å²) in [5.74, 6) is -2.62. The van der Waals surface area contributed by atoms with E-state index in [1.54, 1.807) is 52.0 Å². The van der Waals surface area contributed by atoms with E-state index < -0.39 is 42.5 Å². The normalized spacial score (nSPS) is 20.0. The Morgan fingerprint density at radius 3 is 2.15 bits per heavy atom. The van der Waals surface area contributed by atoms with Crippen LogP contribution in [0.1, 0.15) is 44.5 Å². The van der Waals surface area contributed by atoms with Crippen LogP contribution in [0.2, 0.25) is 5.82 Å². The summed E-state index contributed by atoms with van der Waals surface area (Å²) in [6, 6.07) is 12.2. The van der Waals surface area contributed by atoms with Gasteiger partial charge in [-0.25, -0.2) is 0 Å². The minimum Gasteiger partial charge on any atom is -0.403 e. The first kappa shape index (κ1) is 19.9. The molecule has 1 aliphatic heterocycles. The molecule has 0 spiro atoms. The summed E-state index contributed by atoms with van der Waals surface area (Å²) < 4.78 is 52.4. The Hall–Kier alpha value is -1.86. The van der Waals surface area contributed by atoms with E-state index in [0.29, 0.717) is 5.39 Å². The predicted molar refractivity (Wildman–Crippen MR) is 98.8 cm³/mol. The van der Waals surface area contributed by atoms with E-state index in [4.69, 9.17) is 9.31 Å². The van der Waals surface area contributed by atoms with Crippen molar-refractivity contribution in [2.24, 2.45) is 0 Å². The number of carbonyl (C=O) groups is 1. The van der Waals surface area contributed by atoms with Crippen LogP contribution in [0.3, 0.4) is 0 Å². The summed E-state index contributed by atoms with van der Waals surface area (Å²) in [5.41, 5.74) is -1.52. The van der Waals surface area contributed by atoms with Gasteiger partial charge in [0.25, 0.3) is 0 Å². The molecule has 0 N–H and O–H groups in total. The van der Waals surface area contributed by atoms with Crippen molar-refractivity contribution in [3.63, 3.8) is 0 Å². The zero-order valence-electron chi connectivity index (χ0n) is 15.8. The van der Waals surface area contributed by atoms with Gasteiger partial charge in [0, 0.05) is 12.0 Å². The van der Waals surface area contributed by atoms with Crippen molar-refractivity contribution in [1.82, 2.24) is 0 Å². The molecule has 0 saturated carbocycles. The van der Waals surface area contributed by atoms with Crippen molar-refractivity contribution in [2.75, 3.05) is 0 Å². The SMILES string of the molecule is CC1(C)OB([C@@H](CC(=O)c2cccc3ccccc23)C(F)(F)F)OC1(C)C. The van der Waals surface area contributed by atoms with Gasteiger partial charge in [0.15, 0.2) is 5.78 Å². The minimum atomic E-state index is -4.62. The van der Waals surface area contributed by atoms with Gasteiger partial charge in [0.05, 0.1) is 17.0 Å². The number of rotatable bonds is 4. The van der Waals surface area contributed by atoms with Crippen LogP contribution in [0.5, 0.6) is 0 Å². The van der Waals surface area contributed by atoms with Crippen LogP contribution in [0, 0.1) is 0 Å². The average Bonchev–Trinajstić information content (AvgIpc) is 2.78. The molecule has 7 heteroatoms. The second kappa shape index (κ2) is 6.64. The first-order chi connectivity index (χ1) is 12.4. The molecule has 2 aromatic carbocycles. The fourth-order valence-corrected chi connectivity index (χ4v) is 3.20. The largest absolute Gasteiger partial charge is 0.470 e. The maximum absolute atomic E-state index is 13.8. The first-order valence-corrected chi connectivity index (χ1v) is 8.86. The van der Waals surface area contributed by atoms with Crippen LogP contribution in [0.25, 0.3) is 10.8 Å². The number of carbonyl (C=O) groups excluding carboxylic acids is 1. The monoisotopic (exact) mass is 378 g/mol. The zero-order chi connectivity index (χ0) is 20.0. The van der Waals surface area contributed by atoms with Crippen molar-refractivity contribution >= 4 is 23.7 Å². The molecule has 144 valence electrons. The summed E-state index contributed by atoms with van der Waals surface area (Å²) in [4.78, 5) is 12.8. The number of ketones is 1. The maximum atomic E-state index is 13.8. The second-order valence-corrected chi connectivity index (χ2v) is 7.93. The van der Waals surface area contributed by atoms with Gasteiger partial charge in [-0.05, 0) is 38.5 Å². The smallest absolute Gasteiger partial charge is 0.403 e. The molecule has 1 fully saturated rings. The van der Waals surface area contributed by atoms with Gasteiger partial charge in [-0.15, -0.1) is 0 Å². The second-order valence-electron chi connectivity index (χ2n) is 7.93. The van der Waals surface area contributed by atoms with Gasteiger partial charge in [-0.3, -0.25) is 4.79 Å². The molecule has 0 radical (unpaired) electrons. The van der Waals surface area contributed by atoms with Gasteiger partial charge >= 0.3 is 13.3 Å². The number of fused-ring (bicyclic) bond motifs is 1. The molecule has 1 atom stereocenters. The van der Waals surface area contributed by atoms with Gasteiger partial charge in [0.2, 0.25) is 0 Å². The molecule has 27 heavy (non-hydrogen) atoms. The van der Waals surface area contributed by atoms with E-state index in [1.807, 2.05) is 18.2 Å². The average molecular weight is 378 g/mol. The van der Waals surface area contributed by atoms with Crippen molar-refractivity contribution in [2.45, 2.75) is 57.3 Å². The van der Waals surface area contributed by atoms with Crippen molar-refractivity contribution < 1.29 is 27.3 Å². The van der Waals surface area contributed by atoms with E-state index in [0.717, 1.165) is 5.39 Å². The van der Waals surface area contributed by atoms with E-state index >= 15 is 0 Å². The van der Waals surface area contributed by atoms with Crippen molar-refractivity contribution in [1.29, 1.82) is 0 Å². The lowest BCUT2D eigenvalue weighted by Gasteiger charge is -2.32. The quantitative estimate of drug-likeness (QED) is 0.525. The molecule has 1 saturated heterocycles. The molecule has 0 aliphatic carbocycles. The number of halogens is 3. The van der Waals surface area contributed by atoms with Crippen molar-refractivity contribution in [3.8, 4) is 0 Å². The molecular weight excluding hydrogens is 356 g/mol. The highest BCUT2D eigenvalue weighted by molar-refractivity contribution is 6.48. The molecule has 0 bridgehead atoms. The number of alkyl halides is 3. The molecule has 1 aliphatic rings. The minimum absolute atomic E-state index is 0.277. The number of Topliss-reactive ketones (excluding diaryl/α,β-unsaturated/α-hetero) is 1. The van der Waals surface area contributed by atoms with Crippen LogP contribution < -0.4 is 0 Å². The first-order valence-electron chi connectivity index (χ1n) is 8.86. The summed E-state index contributed by atoms with van der Waals surface area (Å²) in [6.45, 7) is 6.75. The highest BCUT2D eigenvalue weighted by Gasteiger charge is 2.60. The van der Waals surface area contributed by atoms with Crippen LogP contribution in [-0.4, -0.2) is 30.3 Å². The summed E-state index contributed by atoms with van der Waals surface area (Å²) in [6.07, 6.45) is -5.35.